The minimum absolute atomic E-state index is 0.477. The van der Waals surface area contributed by atoms with Crippen molar-refractivity contribution in [2.45, 2.75) is 47.0 Å². The fraction of sp³-hybridized carbons (Fsp3) is 0.909. The minimum atomic E-state index is 0.477. The number of rotatable bonds is 0. The molecule has 0 aromatic carbocycles. The Balaban J connectivity index is 2.56. The van der Waals surface area contributed by atoms with Crippen LogP contribution in [0.5, 0.6) is 0 Å². The second-order valence-corrected chi connectivity index (χ2v) is 4.84. The van der Waals surface area contributed by atoms with Crippen LogP contribution in [0.1, 0.15) is 47.0 Å². The molecule has 0 nitrogen and oxygen atoms in total. The van der Waals surface area contributed by atoms with Gasteiger partial charge in [-0.15, -0.1) is 0 Å². The van der Waals surface area contributed by atoms with E-state index < -0.39 is 0 Å². The maximum atomic E-state index is 2.52. The highest BCUT2D eigenvalue weighted by Gasteiger charge is 2.29. The number of hydrogen-bond donors (Lipinski definition) is 0. The molecule has 11 heavy (non-hydrogen) atoms. The van der Waals surface area contributed by atoms with Crippen molar-refractivity contribution < 1.29 is 0 Å². The lowest BCUT2D eigenvalue weighted by molar-refractivity contribution is 0.272. The normalized spacial score (nSPS) is 38.2. The largest absolute Gasteiger partial charge is 0.0625 e. The predicted molar refractivity (Wildman–Crippen MR) is 50.3 cm³/mol. The summed E-state index contributed by atoms with van der Waals surface area (Å²) in [7, 11) is 0. The maximum absolute atomic E-state index is 2.52. The Morgan fingerprint density at radius 3 is 2.45 bits per heavy atom. The highest BCUT2D eigenvalue weighted by atomic mass is 14.3. The highest BCUT2D eigenvalue weighted by Crippen LogP contribution is 2.39. The topological polar surface area (TPSA) is 0 Å². The van der Waals surface area contributed by atoms with Crippen LogP contribution < -0.4 is 0 Å². The van der Waals surface area contributed by atoms with Crippen LogP contribution in [-0.4, -0.2) is 0 Å². The van der Waals surface area contributed by atoms with E-state index >= 15 is 0 Å². The molecule has 0 amide bonds. The molecule has 1 saturated carbocycles. The Kier molecular flexibility index (Phi) is 2.61. The van der Waals surface area contributed by atoms with Gasteiger partial charge in [0, 0.05) is 0 Å². The fourth-order valence-electron chi connectivity index (χ4n) is 1.73. The third-order valence-electron chi connectivity index (χ3n) is 3.41. The lowest BCUT2D eigenvalue weighted by Crippen LogP contribution is -2.20. The van der Waals surface area contributed by atoms with Crippen molar-refractivity contribution in [3.8, 4) is 0 Å². The minimum Gasteiger partial charge on any atom is -0.0625 e. The molecule has 0 bridgehead atoms. The SMILES string of the molecule is CC1C[CH]C(C)(C)C(C)CC1. The first-order valence-corrected chi connectivity index (χ1v) is 4.87. The first-order valence-electron chi connectivity index (χ1n) is 4.87. The summed E-state index contributed by atoms with van der Waals surface area (Å²) >= 11 is 0. The molecule has 0 heterocycles. The second kappa shape index (κ2) is 3.16. The van der Waals surface area contributed by atoms with Gasteiger partial charge < -0.3 is 0 Å². The Labute approximate surface area is 71.4 Å². The van der Waals surface area contributed by atoms with Gasteiger partial charge in [0.2, 0.25) is 0 Å². The fourth-order valence-corrected chi connectivity index (χ4v) is 1.73. The molecule has 2 atom stereocenters. The lowest BCUT2D eigenvalue weighted by atomic mass is 9.76. The number of hydrogen-bond acceptors (Lipinski definition) is 0. The molecule has 2 unspecified atom stereocenters. The average Bonchev–Trinajstić information content (AvgIpc) is 2.03. The molecule has 0 N–H and O–H groups in total. The van der Waals surface area contributed by atoms with E-state index in [0.29, 0.717) is 5.41 Å². The molecular weight excluding hydrogens is 132 g/mol. The Hall–Kier alpha value is 0. The van der Waals surface area contributed by atoms with Crippen LogP contribution in [0.2, 0.25) is 0 Å². The van der Waals surface area contributed by atoms with Gasteiger partial charge in [-0.1, -0.05) is 34.1 Å². The summed E-state index contributed by atoms with van der Waals surface area (Å²) in [6.07, 6.45) is 6.67. The van der Waals surface area contributed by atoms with Crippen LogP contribution in [0, 0.1) is 23.7 Å². The second-order valence-electron chi connectivity index (χ2n) is 4.84. The van der Waals surface area contributed by atoms with Crippen LogP contribution in [0.25, 0.3) is 0 Å². The molecule has 1 radical (unpaired) electrons. The van der Waals surface area contributed by atoms with Crippen LogP contribution in [0.3, 0.4) is 0 Å². The van der Waals surface area contributed by atoms with Gasteiger partial charge in [-0.2, -0.15) is 0 Å². The van der Waals surface area contributed by atoms with Crippen molar-refractivity contribution in [1.82, 2.24) is 0 Å². The molecule has 0 aliphatic heterocycles. The van der Waals surface area contributed by atoms with Crippen LogP contribution >= 0.6 is 0 Å². The van der Waals surface area contributed by atoms with E-state index in [1.165, 1.54) is 19.3 Å². The van der Waals surface area contributed by atoms with Crippen LogP contribution in [0.4, 0.5) is 0 Å². The van der Waals surface area contributed by atoms with Crippen molar-refractivity contribution in [3.05, 3.63) is 6.42 Å². The quantitative estimate of drug-likeness (QED) is 0.466. The van der Waals surface area contributed by atoms with Gasteiger partial charge in [-0.3, -0.25) is 0 Å². The predicted octanol–water partition coefficient (Wildman–Crippen LogP) is 3.67. The van der Waals surface area contributed by atoms with Crippen molar-refractivity contribution in [2.24, 2.45) is 17.3 Å². The zero-order valence-corrected chi connectivity index (χ0v) is 8.35. The van der Waals surface area contributed by atoms with Crippen molar-refractivity contribution in [1.29, 1.82) is 0 Å². The van der Waals surface area contributed by atoms with E-state index in [-0.39, 0.29) is 0 Å². The molecule has 0 spiro atoms. The first-order chi connectivity index (χ1) is 5.02. The summed E-state index contributed by atoms with van der Waals surface area (Å²) in [6.45, 7) is 9.49. The van der Waals surface area contributed by atoms with Crippen LogP contribution in [-0.2, 0) is 0 Å². The highest BCUT2D eigenvalue weighted by molar-refractivity contribution is 4.92. The molecule has 1 aliphatic rings. The van der Waals surface area contributed by atoms with Crippen molar-refractivity contribution in [3.63, 3.8) is 0 Å². The van der Waals surface area contributed by atoms with Gasteiger partial charge in [0.15, 0.2) is 0 Å². The monoisotopic (exact) mass is 153 g/mol. The van der Waals surface area contributed by atoms with E-state index in [2.05, 4.69) is 34.1 Å². The first kappa shape index (κ1) is 9.09. The molecule has 1 aliphatic carbocycles. The van der Waals surface area contributed by atoms with E-state index in [0.717, 1.165) is 11.8 Å². The van der Waals surface area contributed by atoms with E-state index in [4.69, 9.17) is 0 Å². The molecule has 0 heteroatoms. The standard InChI is InChI=1S/C11H21/c1-9-5-6-10(2)11(3,4)8-7-9/h8-10H,5-7H2,1-4H3. The zero-order valence-electron chi connectivity index (χ0n) is 8.35. The molecule has 0 aromatic rings. The van der Waals surface area contributed by atoms with Gasteiger partial charge in [-0.25, -0.2) is 0 Å². The van der Waals surface area contributed by atoms with E-state index in [9.17, 15) is 0 Å². The maximum Gasteiger partial charge on any atom is -0.0297 e. The average molecular weight is 153 g/mol. The molecule has 0 aromatic heterocycles. The Morgan fingerprint density at radius 1 is 1.18 bits per heavy atom. The van der Waals surface area contributed by atoms with Gasteiger partial charge in [0.25, 0.3) is 0 Å². The third kappa shape index (κ3) is 2.21. The molecule has 1 rings (SSSR count). The van der Waals surface area contributed by atoms with Gasteiger partial charge in [0.05, 0.1) is 0 Å². The molecule has 65 valence electrons. The summed E-state index contributed by atoms with van der Waals surface area (Å²) < 4.78 is 0. The lowest BCUT2D eigenvalue weighted by Gasteiger charge is -2.29. The molecular formula is C11H21. The molecule has 0 saturated heterocycles. The van der Waals surface area contributed by atoms with E-state index in [1.54, 1.807) is 0 Å². The van der Waals surface area contributed by atoms with Crippen molar-refractivity contribution in [2.75, 3.05) is 0 Å². The summed E-state index contributed by atoms with van der Waals surface area (Å²) in [5.74, 6) is 1.78. The zero-order chi connectivity index (χ0) is 8.48. The third-order valence-corrected chi connectivity index (χ3v) is 3.41. The molecule has 1 fully saturated rings. The van der Waals surface area contributed by atoms with Gasteiger partial charge >= 0.3 is 0 Å². The van der Waals surface area contributed by atoms with Crippen LogP contribution in [0.15, 0.2) is 0 Å². The summed E-state index contributed by atoms with van der Waals surface area (Å²) in [6, 6.07) is 0. The Morgan fingerprint density at radius 2 is 1.82 bits per heavy atom. The summed E-state index contributed by atoms with van der Waals surface area (Å²) in [5, 5.41) is 0. The summed E-state index contributed by atoms with van der Waals surface area (Å²) in [5.41, 5.74) is 0.477. The van der Waals surface area contributed by atoms with Crippen molar-refractivity contribution >= 4 is 0 Å². The van der Waals surface area contributed by atoms with E-state index in [1.807, 2.05) is 0 Å². The summed E-state index contributed by atoms with van der Waals surface area (Å²) in [4.78, 5) is 0. The smallest absolute Gasteiger partial charge is 0.0297 e. The van der Waals surface area contributed by atoms with Gasteiger partial charge in [0.1, 0.15) is 0 Å². The Bertz CT molecular complexity index is 124. The van der Waals surface area contributed by atoms with Gasteiger partial charge in [-0.05, 0) is 36.5 Å².